The van der Waals surface area contributed by atoms with Gasteiger partial charge in [-0.2, -0.15) is 0 Å². The van der Waals surface area contributed by atoms with Crippen LogP contribution in [-0.2, 0) is 0 Å². The summed E-state index contributed by atoms with van der Waals surface area (Å²) < 4.78 is 0. The Bertz CT molecular complexity index is 2710. The van der Waals surface area contributed by atoms with E-state index >= 15 is 0 Å². The number of benzene rings is 9. The zero-order valence-corrected chi connectivity index (χ0v) is 33.3. The Labute approximate surface area is 337 Å². The maximum Gasteiger partial charge on any atom is 0.112 e. The van der Waals surface area contributed by atoms with Gasteiger partial charge in [0.05, 0.1) is 0 Å². The van der Waals surface area contributed by atoms with Crippen LogP contribution in [0.4, 0.5) is 34.1 Å². The predicted octanol–water partition coefficient (Wildman–Crippen LogP) is 13.9. The molecule has 0 saturated carbocycles. The maximum absolute atomic E-state index is 2.43. The van der Waals surface area contributed by atoms with E-state index in [-0.39, 0.29) is 0 Å². The highest BCUT2D eigenvalue weighted by atomic mass is 28.3. The second-order valence-electron chi connectivity index (χ2n) is 15.1. The number of hydrogen-bond donors (Lipinski definition) is 0. The molecular weight excluding hydrogens is 705 g/mol. The lowest BCUT2D eigenvalue weighted by Crippen LogP contribution is -2.52. The average Bonchev–Trinajstić information content (AvgIpc) is 3.28. The molecule has 0 aliphatic carbocycles. The summed E-state index contributed by atoms with van der Waals surface area (Å²) in [7, 11) is -1.80. The number of anilines is 6. The van der Waals surface area contributed by atoms with Gasteiger partial charge in [0.1, 0.15) is 8.07 Å². The van der Waals surface area contributed by atoms with Crippen molar-refractivity contribution in [2.75, 3.05) is 9.80 Å². The van der Waals surface area contributed by atoms with E-state index in [1.54, 1.807) is 0 Å². The topological polar surface area (TPSA) is 6.48 Å². The number of hydrogen-bond acceptors (Lipinski definition) is 2. The number of fused-ring (bicyclic) bond motifs is 1. The molecule has 0 N–H and O–H groups in total. The molecule has 2 nitrogen and oxygen atoms in total. The van der Waals surface area contributed by atoms with E-state index < -0.39 is 8.07 Å². The van der Waals surface area contributed by atoms with Crippen LogP contribution in [0.25, 0.3) is 33.0 Å². The zero-order valence-electron chi connectivity index (χ0n) is 32.3. The molecule has 0 radical (unpaired) electrons. The Kier molecular flexibility index (Phi) is 9.82. The van der Waals surface area contributed by atoms with Gasteiger partial charge in [0.2, 0.25) is 0 Å². The van der Waals surface area contributed by atoms with Crippen molar-refractivity contribution in [3.05, 3.63) is 231 Å². The van der Waals surface area contributed by atoms with Crippen molar-refractivity contribution in [1.82, 2.24) is 0 Å². The highest BCUT2D eigenvalue weighted by molar-refractivity contribution is 7.00. The van der Waals surface area contributed by atoms with E-state index in [2.05, 4.69) is 253 Å². The molecule has 0 saturated heterocycles. The first-order valence-corrected chi connectivity index (χ1v) is 22.7. The van der Waals surface area contributed by atoms with Crippen LogP contribution in [0, 0.1) is 0 Å². The zero-order chi connectivity index (χ0) is 38.6. The molecule has 0 aliphatic rings. The Morgan fingerprint density at radius 1 is 0.263 bits per heavy atom. The van der Waals surface area contributed by atoms with Crippen molar-refractivity contribution < 1.29 is 0 Å². The molecule has 9 aromatic carbocycles. The Hall–Kier alpha value is -6.94. The first-order valence-electron chi connectivity index (χ1n) is 19.7. The van der Waals surface area contributed by atoms with Gasteiger partial charge in [-0.1, -0.05) is 181 Å². The molecule has 0 spiro atoms. The van der Waals surface area contributed by atoms with Gasteiger partial charge < -0.3 is 9.80 Å². The minimum Gasteiger partial charge on any atom is -0.311 e. The largest absolute Gasteiger partial charge is 0.311 e. The highest BCUT2D eigenvalue weighted by Crippen LogP contribution is 2.38. The van der Waals surface area contributed by atoms with Crippen LogP contribution in [0.3, 0.4) is 0 Å². The average molecular weight is 749 g/mol. The van der Waals surface area contributed by atoms with Gasteiger partial charge in [0.25, 0.3) is 0 Å². The first-order chi connectivity index (χ1) is 28.0. The minimum atomic E-state index is -1.80. The van der Waals surface area contributed by atoms with E-state index in [0.29, 0.717) is 0 Å². The summed E-state index contributed by atoms with van der Waals surface area (Å²) >= 11 is 0. The second-order valence-corrected chi connectivity index (χ2v) is 19.5. The molecular formula is C54H44N2Si. The van der Waals surface area contributed by atoms with E-state index in [4.69, 9.17) is 0 Å². The summed E-state index contributed by atoms with van der Waals surface area (Å²) in [5.74, 6) is 0. The van der Waals surface area contributed by atoms with Gasteiger partial charge in [-0.3, -0.25) is 0 Å². The van der Waals surface area contributed by atoms with Gasteiger partial charge >= 0.3 is 0 Å². The van der Waals surface area contributed by atoms with Gasteiger partial charge in [0.15, 0.2) is 0 Å². The van der Waals surface area contributed by atoms with Crippen LogP contribution in [0.5, 0.6) is 0 Å². The van der Waals surface area contributed by atoms with Gasteiger partial charge in [-0.15, -0.1) is 0 Å². The molecule has 0 aliphatic heterocycles. The lowest BCUT2D eigenvalue weighted by Gasteiger charge is -2.28. The third kappa shape index (κ3) is 7.41. The fraction of sp³-hybridized carbons (Fsp3) is 0.0370. The van der Waals surface area contributed by atoms with E-state index in [9.17, 15) is 0 Å². The summed E-state index contributed by atoms with van der Waals surface area (Å²) in [6.07, 6.45) is 0. The molecule has 0 heterocycles. The van der Waals surface area contributed by atoms with Crippen LogP contribution in [0.2, 0.25) is 13.1 Å². The third-order valence-corrected chi connectivity index (χ3v) is 14.7. The van der Waals surface area contributed by atoms with Crippen molar-refractivity contribution in [2.24, 2.45) is 0 Å². The molecule has 0 aromatic heterocycles. The SMILES string of the molecule is C[Si](C)(c1ccccc1)c1ccc(N(c2ccccc2)c2ccc(-c3ccc(-c4ccc(N(c5ccccc5)c5ccc6ccccc6c5)cc4)cc3)cc2)cc1. The van der Waals surface area contributed by atoms with Crippen LogP contribution >= 0.6 is 0 Å². The van der Waals surface area contributed by atoms with Gasteiger partial charge in [-0.05, 0) is 106 Å². The second kappa shape index (κ2) is 15.7. The normalized spacial score (nSPS) is 11.3. The van der Waals surface area contributed by atoms with Gasteiger partial charge in [0, 0.05) is 34.1 Å². The molecule has 0 amide bonds. The smallest absolute Gasteiger partial charge is 0.112 e. The number of para-hydroxylation sites is 2. The molecule has 274 valence electrons. The fourth-order valence-corrected chi connectivity index (χ4v) is 10.2. The molecule has 57 heavy (non-hydrogen) atoms. The number of rotatable bonds is 10. The van der Waals surface area contributed by atoms with Crippen LogP contribution < -0.4 is 20.2 Å². The molecule has 0 unspecified atom stereocenters. The molecule has 0 bridgehead atoms. The number of nitrogens with zero attached hydrogens (tertiary/aromatic N) is 2. The minimum absolute atomic E-state index is 1.12. The molecule has 9 rings (SSSR count). The summed E-state index contributed by atoms with van der Waals surface area (Å²) in [6.45, 7) is 4.86. The van der Waals surface area contributed by atoms with Crippen molar-refractivity contribution in [2.45, 2.75) is 13.1 Å². The fourth-order valence-electron chi connectivity index (χ4n) is 7.87. The van der Waals surface area contributed by atoms with Crippen LogP contribution in [0.1, 0.15) is 0 Å². The van der Waals surface area contributed by atoms with Crippen molar-refractivity contribution in [3.8, 4) is 22.3 Å². The first kappa shape index (κ1) is 35.7. The lowest BCUT2D eigenvalue weighted by atomic mass is 9.99. The van der Waals surface area contributed by atoms with Crippen molar-refractivity contribution in [3.63, 3.8) is 0 Å². The maximum atomic E-state index is 2.43. The van der Waals surface area contributed by atoms with E-state index in [1.807, 2.05) is 0 Å². The Balaban J connectivity index is 0.956. The lowest BCUT2D eigenvalue weighted by molar-refractivity contribution is 1.28. The molecule has 3 heteroatoms. The predicted molar refractivity (Wildman–Crippen MR) is 247 cm³/mol. The summed E-state index contributed by atoms with van der Waals surface area (Å²) in [6, 6.07) is 83.4. The highest BCUT2D eigenvalue weighted by Gasteiger charge is 2.26. The van der Waals surface area contributed by atoms with Crippen LogP contribution in [0.15, 0.2) is 231 Å². The standard InChI is InChI=1S/C54H44N2Si/c1-57(2,53-20-10-5-11-21-53)54-38-36-51(37-39-54)55(47-16-6-3-7-17-47)49-31-26-44(27-32-49)42-22-24-43(25-23-42)45-28-33-50(34-29-45)56(48-18-8-4-9-19-48)52-35-30-41-14-12-13-15-46(41)40-52/h3-40H,1-2H3. The summed E-state index contributed by atoms with van der Waals surface area (Å²) in [4.78, 5) is 4.67. The molecule has 9 aromatic rings. The van der Waals surface area contributed by atoms with Crippen molar-refractivity contribution >= 4 is 63.3 Å². The summed E-state index contributed by atoms with van der Waals surface area (Å²) in [5, 5.41) is 5.34. The quantitative estimate of drug-likeness (QED) is 0.129. The molecule has 0 atom stereocenters. The van der Waals surface area contributed by atoms with Gasteiger partial charge in [-0.25, -0.2) is 0 Å². The van der Waals surface area contributed by atoms with Crippen molar-refractivity contribution in [1.29, 1.82) is 0 Å². The monoisotopic (exact) mass is 748 g/mol. The van der Waals surface area contributed by atoms with E-state index in [1.165, 1.54) is 43.4 Å². The third-order valence-electron chi connectivity index (χ3n) is 11.2. The molecule has 0 fully saturated rings. The van der Waals surface area contributed by atoms with Crippen LogP contribution in [-0.4, -0.2) is 8.07 Å². The summed E-state index contributed by atoms with van der Waals surface area (Å²) in [5.41, 5.74) is 11.6. The Morgan fingerprint density at radius 2 is 0.579 bits per heavy atom. The Morgan fingerprint density at radius 3 is 1.05 bits per heavy atom. The van der Waals surface area contributed by atoms with E-state index in [0.717, 1.165) is 34.1 Å².